The summed E-state index contributed by atoms with van der Waals surface area (Å²) in [6.07, 6.45) is 10.7. The molecule has 29 heavy (non-hydrogen) atoms. The summed E-state index contributed by atoms with van der Waals surface area (Å²) in [7, 11) is 0. The molecule has 6 heteroatoms. The number of halogens is 1. The second-order valence-electron chi connectivity index (χ2n) is 6.82. The Hall–Kier alpha value is -3.57. The molecular formula is C23H17ClN4O. The highest BCUT2D eigenvalue weighted by Gasteiger charge is 2.35. The van der Waals surface area contributed by atoms with E-state index in [1.807, 2.05) is 77.9 Å². The van der Waals surface area contributed by atoms with Gasteiger partial charge in [0.05, 0.1) is 11.4 Å². The van der Waals surface area contributed by atoms with E-state index in [4.69, 9.17) is 11.6 Å². The topological polar surface area (TPSA) is 57.3 Å². The van der Waals surface area contributed by atoms with Crippen LogP contribution in [0.15, 0.2) is 91.0 Å². The number of benzene rings is 2. The second kappa shape index (κ2) is 7.11. The smallest absolute Gasteiger partial charge is 0.268 e. The van der Waals surface area contributed by atoms with Gasteiger partial charge in [-0.1, -0.05) is 41.9 Å². The molecule has 1 unspecified atom stereocenters. The number of carbonyl (C=O) groups excluding carboxylic acids is 1. The van der Waals surface area contributed by atoms with E-state index in [0.717, 1.165) is 33.4 Å². The molecule has 1 atom stereocenters. The summed E-state index contributed by atoms with van der Waals surface area (Å²) in [4.78, 5) is 19.3. The summed E-state index contributed by atoms with van der Waals surface area (Å²) in [5.74, 6) is -0.149. The van der Waals surface area contributed by atoms with E-state index in [-0.39, 0.29) is 5.91 Å². The van der Waals surface area contributed by atoms with Crippen LogP contribution < -0.4 is 10.6 Å². The average Bonchev–Trinajstić information content (AvgIpc) is 3.14. The van der Waals surface area contributed by atoms with Crippen molar-refractivity contribution in [2.45, 2.75) is 6.17 Å². The first kappa shape index (κ1) is 17.5. The van der Waals surface area contributed by atoms with Gasteiger partial charge in [-0.15, -0.1) is 0 Å². The van der Waals surface area contributed by atoms with Crippen LogP contribution >= 0.6 is 11.6 Å². The van der Waals surface area contributed by atoms with Crippen molar-refractivity contribution >= 4 is 39.7 Å². The van der Waals surface area contributed by atoms with Crippen molar-refractivity contribution in [3.05, 3.63) is 102 Å². The van der Waals surface area contributed by atoms with Crippen LogP contribution in [-0.2, 0) is 4.79 Å². The molecular weight excluding hydrogens is 384 g/mol. The lowest BCUT2D eigenvalue weighted by Crippen LogP contribution is -2.44. The number of nitrogens with zero attached hydrogens (tertiary/aromatic N) is 2. The highest BCUT2D eigenvalue weighted by molar-refractivity contribution is 6.30. The summed E-state index contributed by atoms with van der Waals surface area (Å²) in [5.41, 5.74) is 3.49. The van der Waals surface area contributed by atoms with Crippen molar-refractivity contribution < 1.29 is 4.79 Å². The van der Waals surface area contributed by atoms with Crippen LogP contribution in [0.4, 0.5) is 5.69 Å². The SMILES string of the molecule is O=C(Nc1cccc2cnccc12)C1NC(c2cccc(Cl)c2)=C2C=CC=CN21. The van der Waals surface area contributed by atoms with Crippen molar-refractivity contribution in [2.24, 2.45) is 0 Å². The lowest BCUT2D eigenvalue weighted by atomic mass is 10.1. The van der Waals surface area contributed by atoms with E-state index < -0.39 is 6.17 Å². The van der Waals surface area contributed by atoms with Crippen LogP contribution in [0, 0.1) is 0 Å². The van der Waals surface area contributed by atoms with Gasteiger partial charge in [0.1, 0.15) is 0 Å². The van der Waals surface area contributed by atoms with E-state index in [9.17, 15) is 4.79 Å². The number of amides is 1. The first-order chi connectivity index (χ1) is 14.2. The lowest BCUT2D eigenvalue weighted by Gasteiger charge is -2.25. The predicted molar refractivity (Wildman–Crippen MR) is 116 cm³/mol. The van der Waals surface area contributed by atoms with E-state index in [2.05, 4.69) is 15.6 Å². The van der Waals surface area contributed by atoms with Crippen LogP contribution in [0.3, 0.4) is 0 Å². The summed E-state index contributed by atoms with van der Waals surface area (Å²) in [5, 5.41) is 9.00. The molecule has 3 aromatic rings. The van der Waals surface area contributed by atoms with Gasteiger partial charge in [0.15, 0.2) is 6.17 Å². The van der Waals surface area contributed by atoms with Gasteiger partial charge in [0.2, 0.25) is 0 Å². The van der Waals surface area contributed by atoms with Gasteiger partial charge in [-0.25, -0.2) is 0 Å². The number of rotatable bonds is 3. The summed E-state index contributed by atoms with van der Waals surface area (Å²) < 4.78 is 0. The number of hydrogen-bond donors (Lipinski definition) is 2. The fourth-order valence-corrected chi connectivity index (χ4v) is 3.86. The first-order valence-electron chi connectivity index (χ1n) is 9.24. The van der Waals surface area contributed by atoms with Gasteiger partial charge < -0.3 is 15.5 Å². The van der Waals surface area contributed by atoms with Crippen LogP contribution in [0.2, 0.25) is 5.02 Å². The van der Waals surface area contributed by atoms with Gasteiger partial charge >= 0.3 is 0 Å². The van der Waals surface area contributed by atoms with Gasteiger partial charge in [-0.2, -0.15) is 0 Å². The molecule has 5 nitrogen and oxygen atoms in total. The number of anilines is 1. The van der Waals surface area contributed by atoms with Gasteiger partial charge in [-0.05, 0) is 36.4 Å². The molecule has 2 aliphatic rings. The fourth-order valence-electron chi connectivity index (χ4n) is 3.67. The molecule has 2 aliphatic heterocycles. The largest absolute Gasteiger partial charge is 0.355 e. The zero-order chi connectivity index (χ0) is 19.8. The van der Waals surface area contributed by atoms with Gasteiger partial charge in [0, 0.05) is 45.6 Å². The molecule has 2 N–H and O–H groups in total. The molecule has 1 amide bonds. The number of nitrogens with one attached hydrogen (secondary N) is 2. The van der Waals surface area contributed by atoms with Crippen LogP contribution in [-0.4, -0.2) is 22.0 Å². The Morgan fingerprint density at radius 1 is 1.14 bits per heavy atom. The molecule has 0 radical (unpaired) electrons. The Morgan fingerprint density at radius 2 is 2.03 bits per heavy atom. The van der Waals surface area contributed by atoms with Crippen LogP contribution in [0.1, 0.15) is 5.56 Å². The number of pyridine rings is 1. The van der Waals surface area contributed by atoms with E-state index in [0.29, 0.717) is 5.02 Å². The summed E-state index contributed by atoms with van der Waals surface area (Å²) in [6, 6.07) is 15.3. The average molecular weight is 401 g/mol. The maximum absolute atomic E-state index is 13.2. The van der Waals surface area contributed by atoms with E-state index in [1.165, 1.54) is 0 Å². The minimum absolute atomic E-state index is 0.149. The van der Waals surface area contributed by atoms with Crippen molar-refractivity contribution in [1.29, 1.82) is 0 Å². The Kier molecular flexibility index (Phi) is 4.30. The third kappa shape index (κ3) is 3.15. The molecule has 142 valence electrons. The molecule has 0 bridgehead atoms. The number of allylic oxidation sites excluding steroid dienone is 3. The van der Waals surface area contributed by atoms with Gasteiger partial charge in [-0.3, -0.25) is 9.78 Å². The Labute approximate surface area is 173 Å². The quantitative estimate of drug-likeness (QED) is 0.679. The highest BCUT2D eigenvalue weighted by Crippen LogP contribution is 2.32. The van der Waals surface area contributed by atoms with Crippen molar-refractivity contribution in [1.82, 2.24) is 15.2 Å². The molecule has 0 saturated carbocycles. The first-order valence-corrected chi connectivity index (χ1v) is 9.62. The molecule has 0 spiro atoms. The normalized spacial score (nSPS) is 17.4. The van der Waals surface area contributed by atoms with Crippen molar-refractivity contribution in [3.63, 3.8) is 0 Å². The Bertz CT molecular complexity index is 1210. The molecule has 0 fully saturated rings. The third-order valence-electron chi connectivity index (χ3n) is 5.01. The zero-order valence-electron chi connectivity index (χ0n) is 15.3. The van der Waals surface area contributed by atoms with Crippen molar-refractivity contribution in [2.75, 3.05) is 5.32 Å². The maximum Gasteiger partial charge on any atom is 0.268 e. The highest BCUT2D eigenvalue weighted by atomic mass is 35.5. The Morgan fingerprint density at radius 3 is 2.93 bits per heavy atom. The second-order valence-corrected chi connectivity index (χ2v) is 7.25. The number of hydrogen-bond acceptors (Lipinski definition) is 4. The zero-order valence-corrected chi connectivity index (χ0v) is 16.1. The molecule has 2 aromatic carbocycles. The maximum atomic E-state index is 13.2. The summed E-state index contributed by atoms with van der Waals surface area (Å²) >= 11 is 6.18. The summed E-state index contributed by atoms with van der Waals surface area (Å²) in [6.45, 7) is 0. The minimum Gasteiger partial charge on any atom is -0.355 e. The van der Waals surface area contributed by atoms with Crippen molar-refractivity contribution in [3.8, 4) is 0 Å². The van der Waals surface area contributed by atoms with Crippen LogP contribution in [0.5, 0.6) is 0 Å². The standard InChI is InChI=1S/C23H17ClN4O/c24-17-7-3-5-15(13-17)21-20-9-1-2-12-28(20)22(27-21)23(29)26-19-8-4-6-16-14-25-11-10-18(16)19/h1-14,22,27H,(H,26,29). The predicted octanol–water partition coefficient (Wildman–Crippen LogP) is 4.51. The molecule has 3 heterocycles. The minimum atomic E-state index is -0.572. The van der Waals surface area contributed by atoms with Gasteiger partial charge in [0.25, 0.3) is 5.91 Å². The third-order valence-corrected chi connectivity index (χ3v) is 5.24. The van der Waals surface area contributed by atoms with Crippen LogP contribution in [0.25, 0.3) is 16.5 Å². The fraction of sp³-hybridized carbons (Fsp3) is 0.0435. The molecule has 5 rings (SSSR count). The Balaban J connectivity index is 1.47. The molecule has 1 aromatic heterocycles. The van der Waals surface area contributed by atoms with E-state index in [1.54, 1.807) is 12.4 Å². The lowest BCUT2D eigenvalue weighted by molar-refractivity contribution is -0.120. The monoisotopic (exact) mass is 400 g/mol. The number of carbonyl (C=O) groups is 1. The molecule has 0 aliphatic carbocycles. The van der Waals surface area contributed by atoms with E-state index >= 15 is 0 Å². The number of fused-ring (bicyclic) bond motifs is 2. The number of aromatic nitrogens is 1. The molecule has 0 saturated heterocycles.